The first kappa shape index (κ1) is 19.7. The Morgan fingerprint density at radius 2 is 1.42 bits per heavy atom. The van der Waals surface area contributed by atoms with E-state index < -0.39 is 5.54 Å². The Bertz CT molecular complexity index is 1040. The fraction of sp³-hybridized carbons (Fsp3) is 0.259. The van der Waals surface area contributed by atoms with Crippen molar-refractivity contribution in [3.63, 3.8) is 0 Å². The summed E-state index contributed by atoms with van der Waals surface area (Å²) in [7, 11) is 0. The van der Waals surface area contributed by atoms with Crippen molar-refractivity contribution >= 4 is 11.6 Å². The number of aliphatic imine (C=N–C) groups is 1. The topological polar surface area (TPSA) is 58.7 Å². The van der Waals surface area contributed by atoms with E-state index in [0.29, 0.717) is 5.84 Å². The third-order valence-electron chi connectivity index (χ3n) is 6.67. The number of rotatable bonds is 5. The molecule has 2 aliphatic heterocycles. The van der Waals surface area contributed by atoms with Gasteiger partial charge in [-0.3, -0.25) is 9.69 Å². The molecule has 0 bridgehead atoms. The summed E-state index contributed by atoms with van der Waals surface area (Å²) in [5.74, 6) is 0.425. The second kappa shape index (κ2) is 8.12. The van der Waals surface area contributed by atoms with Gasteiger partial charge in [0.25, 0.3) is 0 Å². The van der Waals surface area contributed by atoms with Crippen LogP contribution in [0.3, 0.4) is 0 Å². The van der Waals surface area contributed by atoms with Crippen LogP contribution >= 0.6 is 0 Å². The van der Waals surface area contributed by atoms with Crippen molar-refractivity contribution in [2.24, 2.45) is 22.6 Å². The van der Waals surface area contributed by atoms with Crippen LogP contribution in [0, 0.1) is 11.8 Å². The summed E-state index contributed by atoms with van der Waals surface area (Å²) < 4.78 is 0. The summed E-state index contributed by atoms with van der Waals surface area (Å²) in [4.78, 5) is 21.4. The Hall–Kier alpha value is -3.24. The number of amidine groups is 1. The van der Waals surface area contributed by atoms with Gasteiger partial charge in [-0.1, -0.05) is 91.0 Å². The molecule has 1 fully saturated rings. The average Bonchev–Trinajstić information content (AvgIpc) is 3.37. The highest BCUT2D eigenvalue weighted by Gasteiger charge is 2.54. The Kier molecular flexibility index (Phi) is 5.16. The number of ketones is 1. The van der Waals surface area contributed by atoms with Crippen molar-refractivity contribution in [1.29, 1.82) is 0 Å². The number of hydrogen-bond acceptors (Lipinski definition) is 4. The molecule has 3 aromatic rings. The molecule has 0 radical (unpaired) electrons. The lowest BCUT2D eigenvalue weighted by Gasteiger charge is -2.28. The smallest absolute Gasteiger partial charge is 0.180 e. The van der Waals surface area contributed by atoms with Crippen LogP contribution in [0.25, 0.3) is 0 Å². The summed E-state index contributed by atoms with van der Waals surface area (Å²) in [5.41, 5.74) is 8.52. The van der Waals surface area contributed by atoms with Gasteiger partial charge in [-0.2, -0.15) is 0 Å². The maximum Gasteiger partial charge on any atom is 0.180 e. The molecule has 1 saturated heterocycles. The van der Waals surface area contributed by atoms with Crippen LogP contribution in [0.1, 0.15) is 23.1 Å². The fourth-order valence-electron chi connectivity index (χ4n) is 5.19. The zero-order valence-electron chi connectivity index (χ0n) is 17.5. The summed E-state index contributed by atoms with van der Waals surface area (Å²) in [6.45, 7) is 2.74. The number of nitrogens with two attached hydrogens (primary N) is 1. The van der Waals surface area contributed by atoms with Gasteiger partial charge < -0.3 is 5.73 Å². The van der Waals surface area contributed by atoms with Crippen molar-refractivity contribution in [3.8, 4) is 0 Å². The minimum atomic E-state index is -1.05. The van der Waals surface area contributed by atoms with E-state index in [-0.39, 0.29) is 17.6 Å². The summed E-state index contributed by atoms with van der Waals surface area (Å²) in [6, 6.07) is 30.2. The molecule has 4 heteroatoms. The van der Waals surface area contributed by atoms with Gasteiger partial charge in [0.2, 0.25) is 0 Å². The van der Waals surface area contributed by atoms with Crippen molar-refractivity contribution in [3.05, 3.63) is 108 Å². The minimum absolute atomic E-state index is 0.106. The Morgan fingerprint density at radius 3 is 2.00 bits per heavy atom. The van der Waals surface area contributed by atoms with Gasteiger partial charge in [0.05, 0.1) is 5.92 Å². The first-order chi connectivity index (χ1) is 15.2. The molecule has 2 atom stereocenters. The van der Waals surface area contributed by atoms with Crippen molar-refractivity contribution in [2.45, 2.75) is 18.5 Å². The number of likely N-dealkylation sites (tertiary alicyclic amines) is 1. The van der Waals surface area contributed by atoms with E-state index in [1.54, 1.807) is 0 Å². The molecule has 0 saturated carbocycles. The van der Waals surface area contributed by atoms with Gasteiger partial charge in [0.15, 0.2) is 11.3 Å². The summed E-state index contributed by atoms with van der Waals surface area (Å²) in [6.07, 6.45) is 0.957. The molecule has 0 aliphatic carbocycles. The van der Waals surface area contributed by atoms with Crippen LogP contribution in [0.5, 0.6) is 0 Å². The van der Waals surface area contributed by atoms with Gasteiger partial charge >= 0.3 is 0 Å². The first-order valence-corrected chi connectivity index (χ1v) is 11.0. The average molecular weight is 410 g/mol. The van der Waals surface area contributed by atoms with Gasteiger partial charge in [-0.15, -0.1) is 0 Å². The van der Waals surface area contributed by atoms with E-state index in [9.17, 15) is 4.79 Å². The summed E-state index contributed by atoms with van der Waals surface area (Å²) in [5, 5.41) is 0. The molecule has 5 rings (SSSR count). The Labute approximate surface area is 183 Å². The third kappa shape index (κ3) is 3.47. The molecule has 4 nitrogen and oxygen atoms in total. The molecule has 2 unspecified atom stereocenters. The fourth-order valence-corrected chi connectivity index (χ4v) is 5.19. The quantitative estimate of drug-likeness (QED) is 0.693. The number of benzene rings is 3. The number of Topliss-reactive ketones (excluding diaryl/α,β-unsaturated/α-hetero) is 1. The standard InChI is InChI=1S/C27H27N3O/c28-26-24(21-16-17-30(19-21)18-20-10-4-1-5-11-20)25(31)27(29-26,22-12-6-2-7-13-22)23-14-8-3-9-15-23/h1-15,21,24H,16-19H2,(H2,28,29). The monoisotopic (exact) mass is 409 g/mol. The molecular formula is C27H27N3O. The van der Waals surface area contributed by atoms with E-state index in [0.717, 1.165) is 37.2 Å². The van der Waals surface area contributed by atoms with Gasteiger partial charge in [-0.25, -0.2) is 4.99 Å². The number of nitrogens with zero attached hydrogens (tertiary/aromatic N) is 2. The van der Waals surface area contributed by atoms with Crippen LogP contribution in [-0.2, 0) is 16.9 Å². The van der Waals surface area contributed by atoms with E-state index >= 15 is 0 Å². The molecule has 2 aliphatic rings. The molecule has 31 heavy (non-hydrogen) atoms. The second-order valence-electron chi connectivity index (χ2n) is 8.59. The number of hydrogen-bond donors (Lipinski definition) is 1. The highest BCUT2D eigenvalue weighted by atomic mass is 16.1. The van der Waals surface area contributed by atoms with Gasteiger partial charge in [0, 0.05) is 13.1 Å². The Morgan fingerprint density at radius 1 is 0.871 bits per heavy atom. The predicted molar refractivity (Wildman–Crippen MR) is 124 cm³/mol. The van der Waals surface area contributed by atoms with Crippen molar-refractivity contribution in [1.82, 2.24) is 4.90 Å². The van der Waals surface area contributed by atoms with Crippen LogP contribution in [-0.4, -0.2) is 29.6 Å². The van der Waals surface area contributed by atoms with Gasteiger partial charge in [0.1, 0.15) is 5.84 Å². The van der Waals surface area contributed by atoms with Crippen molar-refractivity contribution < 1.29 is 4.79 Å². The molecule has 156 valence electrons. The van der Waals surface area contributed by atoms with E-state index in [4.69, 9.17) is 10.7 Å². The largest absolute Gasteiger partial charge is 0.387 e. The lowest BCUT2D eigenvalue weighted by molar-refractivity contribution is -0.125. The molecule has 3 aromatic carbocycles. The van der Waals surface area contributed by atoms with E-state index in [1.165, 1.54) is 5.56 Å². The highest BCUT2D eigenvalue weighted by molar-refractivity contribution is 6.15. The first-order valence-electron chi connectivity index (χ1n) is 11.0. The second-order valence-corrected chi connectivity index (χ2v) is 8.59. The number of carbonyl (C=O) groups is 1. The molecule has 2 N–H and O–H groups in total. The van der Waals surface area contributed by atoms with Crippen LogP contribution in [0.4, 0.5) is 0 Å². The highest BCUT2D eigenvalue weighted by Crippen LogP contribution is 2.44. The maximum absolute atomic E-state index is 14.1. The zero-order chi connectivity index (χ0) is 21.3. The normalized spacial score (nSPS) is 23.1. The van der Waals surface area contributed by atoms with Gasteiger partial charge in [-0.05, 0) is 35.6 Å². The van der Waals surface area contributed by atoms with E-state index in [2.05, 4.69) is 29.2 Å². The lowest BCUT2D eigenvalue weighted by atomic mass is 9.74. The summed E-state index contributed by atoms with van der Waals surface area (Å²) >= 11 is 0. The molecule has 0 spiro atoms. The van der Waals surface area contributed by atoms with E-state index in [1.807, 2.05) is 66.7 Å². The molecular weight excluding hydrogens is 382 g/mol. The SMILES string of the molecule is NC1=NC(c2ccccc2)(c2ccccc2)C(=O)C1C1CCN(Cc2ccccc2)C1. The Balaban J connectivity index is 1.45. The predicted octanol–water partition coefficient (Wildman–Crippen LogP) is 4.01. The lowest BCUT2D eigenvalue weighted by Crippen LogP contribution is -2.40. The maximum atomic E-state index is 14.1. The molecule has 0 amide bonds. The van der Waals surface area contributed by atoms with Crippen LogP contribution in [0.15, 0.2) is 96.0 Å². The molecule has 0 aromatic heterocycles. The molecule has 2 heterocycles. The minimum Gasteiger partial charge on any atom is -0.387 e. The van der Waals surface area contributed by atoms with Crippen LogP contribution in [0.2, 0.25) is 0 Å². The van der Waals surface area contributed by atoms with Crippen LogP contribution < -0.4 is 5.73 Å². The third-order valence-corrected chi connectivity index (χ3v) is 6.67. The zero-order valence-corrected chi connectivity index (χ0v) is 17.5. The van der Waals surface area contributed by atoms with Crippen molar-refractivity contribution in [2.75, 3.05) is 13.1 Å². The number of carbonyl (C=O) groups excluding carboxylic acids is 1.